The van der Waals surface area contributed by atoms with Gasteiger partial charge in [-0.15, -0.1) is 0 Å². The summed E-state index contributed by atoms with van der Waals surface area (Å²) >= 11 is 3.61. The van der Waals surface area contributed by atoms with E-state index in [1.54, 1.807) is 11.1 Å². The Morgan fingerprint density at radius 1 is 0.800 bits per heavy atom. The van der Waals surface area contributed by atoms with Gasteiger partial charge in [-0.3, -0.25) is 0 Å². The molecule has 0 spiro atoms. The number of halogens is 1. The van der Waals surface area contributed by atoms with E-state index in [0.717, 1.165) is 11.8 Å². The Morgan fingerprint density at radius 3 is 1.76 bits per heavy atom. The Balaban J connectivity index is 1.58. The zero-order valence-electron chi connectivity index (χ0n) is 14.7. The van der Waals surface area contributed by atoms with Crippen LogP contribution in [0.5, 0.6) is 0 Å². The van der Waals surface area contributed by atoms with E-state index < -0.39 is 0 Å². The third-order valence-electron chi connectivity index (χ3n) is 7.28. The van der Waals surface area contributed by atoms with Crippen LogP contribution < -0.4 is 0 Å². The van der Waals surface area contributed by atoms with E-state index in [1.165, 1.54) is 48.6 Å². The second kappa shape index (κ2) is 5.58. The molecule has 25 heavy (non-hydrogen) atoms. The lowest BCUT2D eigenvalue weighted by Crippen LogP contribution is -2.55. The Bertz CT molecular complexity index is 785. The SMILES string of the molecule is C=Cc1ccc(C23CC4CC(CC(c5ccc(Br)cc5)(C4)C2)C3)cc1. The predicted molar refractivity (Wildman–Crippen MR) is 109 cm³/mol. The van der Waals surface area contributed by atoms with E-state index in [-0.39, 0.29) is 0 Å². The lowest BCUT2D eigenvalue weighted by molar-refractivity contribution is -0.0281. The van der Waals surface area contributed by atoms with Crippen LogP contribution in [0, 0.1) is 11.8 Å². The van der Waals surface area contributed by atoms with Crippen molar-refractivity contribution in [2.75, 3.05) is 0 Å². The molecule has 6 rings (SSSR count). The van der Waals surface area contributed by atoms with Gasteiger partial charge in [0.1, 0.15) is 0 Å². The molecule has 0 aromatic heterocycles. The summed E-state index contributed by atoms with van der Waals surface area (Å²) in [6.07, 6.45) is 10.3. The summed E-state index contributed by atoms with van der Waals surface area (Å²) in [5.41, 5.74) is 5.19. The highest BCUT2D eigenvalue weighted by molar-refractivity contribution is 9.10. The maximum Gasteiger partial charge on any atom is 0.0175 e. The molecule has 2 aromatic carbocycles. The van der Waals surface area contributed by atoms with Gasteiger partial charge in [-0.05, 0) is 90.0 Å². The van der Waals surface area contributed by atoms with Crippen LogP contribution in [-0.2, 0) is 10.8 Å². The third kappa shape index (κ3) is 2.46. The van der Waals surface area contributed by atoms with E-state index in [0.29, 0.717) is 10.8 Å². The molecule has 0 N–H and O–H groups in total. The summed E-state index contributed by atoms with van der Waals surface area (Å²) < 4.78 is 1.19. The third-order valence-corrected chi connectivity index (χ3v) is 7.81. The highest BCUT2D eigenvalue weighted by Gasteiger charge is 2.58. The normalized spacial score (nSPS) is 35.7. The molecule has 128 valence electrons. The van der Waals surface area contributed by atoms with Crippen LogP contribution >= 0.6 is 15.9 Å². The van der Waals surface area contributed by atoms with E-state index in [1.807, 2.05) is 6.08 Å². The first kappa shape index (κ1) is 15.9. The van der Waals surface area contributed by atoms with E-state index in [2.05, 4.69) is 71.0 Å². The van der Waals surface area contributed by atoms with Crippen molar-refractivity contribution in [3.8, 4) is 0 Å². The quantitative estimate of drug-likeness (QED) is 0.533. The molecule has 4 bridgehead atoms. The number of benzene rings is 2. The Morgan fingerprint density at radius 2 is 1.28 bits per heavy atom. The van der Waals surface area contributed by atoms with Crippen molar-refractivity contribution in [1.82, 2.24) is 0 Å². The van der Waals surface area contributed by atoms with Crippen molar-refractivity contribution >= 4 is 22.0 Å². The first-order chi connectivity index (χ1) is 12.1. The number of rotatable bonds is 3. The molecule has 0 radical (unpaired) electrons. The maximum atomic E-state index is 3.91. The summed E-state index contributed by atoms with van der Waals surface area (Å²) in [7, 11) is 0. The van der Waals surface area contributed by atoms with Crippen molar-refractivity contribution in [3.05, 3.63) is 76.3 Å². The molecular weight excluding hydrogens is 368 g/mol. The average molecular weight is 393 g/mol. The van der Waals surface area contributed by atoms with E-state index >= 15 is 0 Å². The minimum atomic E-state index is 0.400. The second-order valence-corrected chi connectivity index (χ2v) is 9.77. The highest BCUT2D eigenvalue weighted by atomic mass is 79.9. The van der Waals surface area contributed by atoms with Gasteiger partial charge in [-0.1, -0.05) is 65.0 Å². The molecule has 1 heteroatoms. The summed E-state index contributed by atoms with van der Waals surface area (Å²) in [4.78, 5) is 0. The molecule has 2 atom stereocenters. The van der Waals surface area contributed by atoms with Crippen LogP contribution in [0.2, 0.25) is 0 Å². The average Bonchev–Trinajstić information content (AvgIpc) is 2.61. The molecule has 0 aliphatic heterocycles. The van der Waals surface area contributed by atoms with Crippen molar-refractivity contribution < 1.29 is 0 Å². The molecule has 2 unspecified atom stereocenters. The fourth-order valence-corrected chi connectivity index (χ4v) is 6.98. The van der Waals surface area contributed by atoms with E-state index in [4.69, 9.17) is 0 Å². The largest absolute Gasteiger partial charge is 0.0985 e. The van der Waals surface area contributed by atoms with Crippen LogP contribution in [0.3, 0.4) is 0 Å². The molecule has 4 aliphatic carbocycles. The summed E-state index contributed by atoms with van der Waals surface area (Å²) in [6.45, 7) is 3.91. The minimum absolute atomic E-state index is 0.400. The molecule has 0 amide bonds. The van der Waals surface area contributed by atoms with Crippen LogP contribution in [0.4, 0.5) is 0 Å². The fourth-order valence-electron chi connectivity index (χ4n) is 6.71. The summed E-state index contributed by atoms with van der Waals surface area (Å²) in [6, 6.07) is 18.5. The van der Waals surface area contributed by atoms with Crippen molar-refractivity contribution in [2.45, 2.75) is 49.4 Å². The summed E-state index contributed by atoms with van der Waals surface area (Å²) in [5, 5.41) is 0. The minimum Gasteiger partial charge on any atom is -0.0985 e. The Kier molecular flexibility index (Phi) is 3.54. The Labute approximate surface area is 159 Å². The van der Waals surface area contributed by atoms with Crippen LogP contribution in [0.1, 0.15) is 55.2 Å². The molecular formula is C24H25Br. The van der Waals surface area contributed by atoms with E-state index in [9.17, 15) is 0 Å². The molecule has 0 heterocycles. The van der Waals surface area contributed by atoms with Gasteiger partial charge in [-0.25, -0.2) is 0 Å². The van der Waals surface area contributed by atoms with Gasteiger partial charge in [0.25, 0.3) is 0 Å². The van der Waals surface area contributed by atoms with Crippen molar-refractivity contribution in [1.29, 1.82) is 0 Å². The second-order valence-electron chi connectivity index (χ2n) is 8.85. The maximum absolute atomic E-state index is 3.91. The number of hydrogen-bond acceptors (Lipinski definition) is 0. The molecule has 2 aromatic rings. The number of hydrogen-bond donors (Lipinski definition) is 0. The smallest absolute Gasteiger partial charge is 0.0175 e. The van der Waals surface area contributed by atoms with Gasteiger partial charge in [0, 0.05) is 4.47 Å². The highest BCUT2D eigenvalue weighted by Crippen LogP contribution is 2.66. The topological polar surface area (TPSA) is 0 Å². The van der Waals surface area contributed by atoms with Gasteiger partial charge >= 0.3 is 0 Å². The lowest BCUT2D eigenvalue weighted by Gasteiger charge is -2.63. The predicted octanol–water partition coefficient (Wildman–Crippen LogP) is 6.88. The van der Waals surface area contributed by atoms with Crippen molar-refractivity contribution in [3.63, 3.8) is 0 Å². The standard InChI is InChI=1S/C24H25Br/c1-2-17-3-5-20(6-4-17)23-12-18-11-19(13-23)15-24(14-18,16-23)21-7-9-22(25)10-8-21/h2-10,18-19H,1,11-16H2. The zero-order chi connectivity index (χ0) is 17.1. The Hall–Kier alpha value is -1.34. The van der Waals surface area contributed by atoms with Gasteiger partial charge in [-0.2, -0.15) is 0 Å². The van der Waals surface area contributed by atoms with Gasteiger partial charge in [0.2, 0.25) is 0 Å². The summed E-state index contributed by atoms with van der Waals surface area (Å²) in [5.74, 6) is 1.81. The first-order valence-corrected chi connectivity index (χ1v) is 10.4. The van der Waals surface area contributed by atoms with Gasteiger partial charge in [0.05, 0.1) is 0 Å². The fraction of sp³-hybridized carbons (Fsp3) is 0.417. The van der Waals surface area contributed by atoms with Gasteiger partial charge < -0.3 is 0 Å². The first-order valence-electron chi connectivity index (χ1n) is 9.60. The molecule has 4 saturated carbocycles. The lowest BCUT2D eigenvalue weighted by atomic mass is 9.42. The molecule has 4 fully saturated rings. The van der Waals surface area contributed by atoms with Crippen molar-refractivity contribution in [2.24, 2.45) is 11.8 Å². The van der Waals surface area contributed by atoms with Crippen LogP contribution in [-0.4, -0.2) is 0 Å². The monoisotopic (exact) mass is 392 g/mol. The molecule has 0 saturated heterocycles. The van der Waals surface area contributed by atoms with Crippen LogP contribution in [0.25, 0.3) is 6.08 Å². The molecule has 4 aliphatic rings. The van der Waals surface area contributed by atoms with Crippen LogP contribution in [0.15, 0.2) is 59.6 Å². The zero-order valence-corrected chi connectivity index (χ0v) is 16.3. The van der Waals surface area contributed by atoms with Gasteiger partial charge in [0.15, 0.2) is 0 Å². The molecule has 0 nitrogen and oxygen atoms in total.